The second-order valence-electron chi connectivity index (χ2n) is 7.60. The lowest BCUT2D eigenvalue weighted by atomic mass is 9.85. The Morgan fingerprint density at radius 3 is 2.17 bits per heavy atom. The maximum atomic E-state index is 12.5. The molecule has 29 heavy (non-hydrogen) atoms. The van der Waals surface area contributed by atoms with Gasteiger partial charge in [-0.05, 0) is 49.4 Å². The van der Waals surface area contributed by atoms with Crippen molar-refractivity contribution in [2.75, 3.05) is 18.5 Å². The average Bonchev–Trinajstić information content (AvgIpc) is 3.37. The number of anilines is 1. The molecule has 1 N–H and O–H groups in total. The summed E-state index contributed by atoms with van der Waals surface area (Å²) in [5.74, 6) is -2.71. The minimum atomic E-state index is -0.811. The molecule has 8 heteroatoms. The third-order valence-electron chi connectivity index (χ3n) is 5.79. The van der Waals surface area contributed by atoms with Gasteiger partial charge in [0.2, 0.25) is 11.8 Å². The highest BCUT2D eigenvalue weighted by Crippen LogP contribution is 2.52. The third kappa shape index (κ3) is 3.46. The SMILES string of the molecule is CC(=O)c1ccc(NC(=O)COC(=O)CN2C(=O)[C@H]3[C@H](C2=O)[C@H]2C=C[C@H]3C2)cc1. The van der Waals surface area contributed by atoms with Crippen LogP contribution in [-0.2, 0) is 23.9 Å². The zero-order chi connectivity index (χ0) is 20.7. The zero-order valence-electron chi connectivity index (χ0n) is 15.8. The van der Waals surface area contributed by atoms with Crippen LogP contribution >= 0.6 is 0 Å². The van der Waals surface area contributed by atoms with Gasteiger partial charge in [0.1, 0.15) is 6.54 Å². The first kappa shape index (κ1) is 19.0. The molecule has 0 radical (unpaired) electrons. The van der Waals surface area contributed by atoms with E-state index in [-0.39, 0.29) is 41.3 Å². The second kappa shape index (κ2) is 7.27. The molecule has 2 fully saturated rings. The summed E-state index contributed by atoms with van der Waals surface area (Å²) in [6, 6.07) is 6.29. The Labute approximate surface area is 166 Å². The van der Waals surface area contributed by atoms with Crippen molar-refractivity contribution in [3.05, 3.63) is 42.0 Å². The zero-order valence-corrected chi connectivity index (χ0v) is 15.8. The summed E-state index contributed by atoms with van der Waals surface area (Å²) in [5, 5.41) is 2.54. The van der Waals surface area contributed by atoms with Gasteiger partial charge in [0, 0.05) is 11.3 Å². The number of carbonyl (C=O) groups excluding carboxylic acids is 5. The van der Waals surface area contributed by atoms with Crippen LogP contribution in [0.4, 0.5) is 5.69 Å². The molecule has 3 amide bonds. The first-order valence-corrected chi connectivity index (χ1v) is 9.45. The molecule has 1 saturated carbocycles. The Morgan fingerprint density at radius 2 is 1.62 bits per heavy atom. The molecule has 1 saturated heterocycles. The summed E-state index contributed by atoms with van der Waals surface area (Å²) < 4.78 is 4.92. The van der Waals surface area contributed by atoms with Crippen molar-refractivity contribution in [2.24, 2.45) is 23.7 Å². The maximum absolute atomic E-state index is 12.5. The summed E-state index contributed by atoms with van der Waals surface area (Å²) >= 11 is 0. The molecule has 2 bridgehead atoms. The highest BCUT2D eigenvalue weighted by atomic mass is 16.5. The number of nitrogens with one attached hydrogen (secondary N) is 1. The number of fused-ring (bicyclic) bond motifs is 5. The van der Waals surface area contributed by atoms with E-state index in [1.165, 1.54) is 6.92 Å². The van der Waals surface area contributed by atoms with Crippen molar-refractivity contribution in [3.63, 3.8) is 0 Å². The monoisotopic (exact) mass is 396 g/mol. The molecule has 150 valence electrons. The topological polar surface area (TPSA) is 110 Å². The number of ether oxygens (including phenoxy) is 1. The first-order valence-electron chi connectivity index (χ1n) is 9.45. The van der Waals surface area contributed by atoms with Gasteiger partial charge in [-0.25, -0.2) is 0 Å². The molecule has 3 aliphatic rings. The number of rotatable bonds is 6. The van der Waals surface area contributed by atoms with Gasteiger partial charge in [0.25, 0.3) is 5.91 Å². The van der Waals surface area contributed by atoms with Gasteiger partial charge in [0.05, 0.1) is 11.8 Å². The van der Waals surface area contributed by atoms with E-state index >= 15 is 0 Å². The molecule has 4 rings (SSSR count). The largest absolute Gasteiger partial charge is 0.454 e. The summed E-state index contributed by atoms with van der Waals surface area (Å²) in [6.07, 6.45) is 4.77. The number of carbonyl (C=O) groups is 5. The number of allylic oxidation sites excluding steroid dienone is 2. The number of Topliss-reactive ketones (excluding diaryl/α,β-unsaturated/α-hetero) is 1. The maximum Gasteiger partial charge on any atom is 0.326 e. The number of benzene rings is 1. The molecule has 1 heterocycles. The number of likely N-dealkylation sites (tertiary alicyclic amines) is 1. The lowest BCUT2D eigenvalue weighted by molar-refractivity contribution is -0.154. The van der Waals surface area contributed by atoms with Crippen LogP contribution in [0.5, 0.6) is 0 Å². The Kier molecular flexibility index (Phi) is 4.77. The highest BCUT2D eigenvalue weighted by molar-refractivity contribution is 6.08. The predicted octanol–water partition coefficient (Wildman–Crippen LogP) is 1.18. The minimum absolute atomic E-state index is 0.0719. The molecule has 1 aromatic rings. The number of ketones is 1. The van der Waals surface area contributed by atoms with Crippen LogP contribution in [-0.4, -0.2) is 47.5 Å². The summed E-state index contributed by atoms with van der Waals surface area (Å²) in [5.41, 5.74) is 0.972. The van der Waals surface area contributed by atoms with Gasteiger partial charge >= 0.3 is 5.97 Å². The number of nitrogens with zero attached hydrogens (tertiary/aromatic N) is 1. The molecule has 0 spiro atoms. The van der Waals surface area contributed by atoms with E-state index < -0.39 is 25.0 Å². The molecule has 4 atom stereocenters. The highest BCUT2D eigenvalue weighted by Gasteiger charge is 2.59. The minimum Gasteiger partial charge on any atom is -0.454 e. The second-order valence-corrected chi connectivity index (χ2v) is 7.60. The Bertz CT molecular complexity index is 905. The standard InChI is InChI=1S/C21H20N2O6/c1-11(24)12-4-6-15(7-5-12)22-16(25)10-29-17(26)9-23-20(27)18-13-2-3-14(8-13)19(18)21(23)28/h2-7,13-14,18-19H,8-10H2,1H3,(H,22,25)/t13-,14-,18+,19+/m0/s1. The van der Waals surface area contributed by atoms with E-state index in [2.05, 4.69) is 5.32 Å². The van der Waals surface area contributed by atoms with Crippen molar-refractivity contribution in [3.8, 4) is 0 Å². The number of esters is 1. The van der Waals surface area contributed by atoms with E-state index in [1.54, 1.807) is 24.3 Å². The molecular formula is C21H20N2O6. The molecule has 2 aliphatic carbocycles. The fraction of sp³-hybridized carbons (Fsp3) is 0.381. The fourth-order valence-corrected chi connectivity index (χ4v) is 4.43. The van der Waals surface area contributed by atoms with Gasteiger partial charge in [-0.15, -0.1) is 0 Å². The van der Waals surface area contributed by atoms with Crippen LogP contribution in [0, 0.1) is 23.7 Å². The normalized spacial score (nSPS) is 26.6. The number of amides is 3. The fourth-order valence-electron chi connectivity index (χ4n) is 4.43. The quantitative estimate of drug-likeness (QED) is 0.335. The van der Waals surface area contributed by atoms with Gasteiger partial charge in [-0.1, -0.05) is 12.2 Å². The molecular weight excluding hydrogens is 376 g/mol. The average molecular weight is 396 g/mol. The van der Waals surface area contributed by atoms with Crippen LogP contribution in [0.3, 0.4) is 0 Å². The van der Waals surface area contributed by atoms with E-state index in [1.807, 2.05) is 12.2 Å². The predicted molar refractivity (Wildman–Crippen MR) is 100 cm³/mol. The van der Waals surface area contributed by atoms with Crippen molar-refractivity contribution in [1.82, 2.24) is 4.90 Å². The third-order valence-corrected chi connectivity index (χ3v) is 5.79. The Morgan fingerprint density at radius 1 is 1.03 bits per heavy atom. The number of imide groups is 1. The molecule has 1 aromatic carbocycles. The lowest BCUT2D eigenvalue weighted by Crippen LogP contribution is -2.38. The lowest BCUT2D eigenvalue weighted by Gasteiger charge is -2.16. The van der Waals surface area contributed by atoms with Gasteiger partial charge in [0.15, 0.2) is 12.4 Å². The van der Waals surface area contributed by atoms with Crippen molar-refractivity contribution in [2.45, 2.75) is 13.3 Å². The Hall–Kier alpha value is -3.29. The van der Waals surface area contributed by atoms with Crippen LogP contribution in [0.2, 0.25) is 0 Å². The van der Waals surface area contributed by atoms with Gasteiger partial charge in [-0.2, -0.15) is 0 Å². The van der Waals surface area contributed by atoms with Crippen molar-refractivity contribution >= 4 is 35.2 Å². The summed E-state index contributed by atoms with van der Waals surface area (Å²) in [7, 11) is 0. The summed E-state index contributed by atoms with van der Waals surface area (Å²) in [4.78, 5) is 61.3. The van der Waals surface area contributed by atoms with Gasteiger partial charge in [-0.3, -0.25) is 28.9 Å². The van der Waals surface area contributed by atoms with E-state index in [4.69, 9.17) is 4.74 Å². The molecule has 8 nitrogen and oxygen atoms in total. The number of hydrogen-bond acceptors (Lipinski definition) is 6. The first-order chi connectivity index (χ1) is 13.8. The van der Waals surface area contributed by atoms with Crippen LogP contribution in [0.1, 0.15) is 23.7 Å². The van der Waals surface area contributed by atoms with Crippen LogP contribution in [0.25, 0.3) is 0 Å². The van der Waals surface area contributed by atoms with E-state index in [0.29, 0.717) is 11.3 Å². The van der Waals surface area contributed by atoms with Crippen LogP contribution < -0.4 is 5.32 Å². The molecule has 0 aromatic heterocycles. The molecule has 1 aliphatic heterocycles. The Balaban J connectivity index is 1.27. The smallest absolute Gasteiger partial charge is 0.326 e. The summed E-state index contributed by atoms with van der Waals surface area (Å²) in [6.45, 7) is 0.422. The van der Waals surface area contributed by atoms with Crippen LogP contribution in [0.15, 0.2) is 36.4 Å². The van der Waals surface area contributed by atoms with Crippen molar-refractivity contribution < 1.29 is 28.7 Å². The van der Waals surface area contributed by atoms with E-state index in [9.17, 15) is 24.0 Å². The number of hydrogen-bond donors (Lipinski definition) is 1. The van der Waals surface area contributed by atoms with Crippen molar-refractivity contribution in [1.29, 1.82) is 0 Å². The van der Waals surface area contributed by atoms with Gasteiger partial charge < -0.3 is 10.1 Å². The molecule has 0 unspecified atom stereocenters. The van der Waals surface area contributed by atoms with E-state index in [0.717, 1.165) is 11.3 Å².